The van der Waals surface area contributed by atoms with Crippen LogP contribution in [-0.2, 0) is 0 Å². The lowest BCUT2D eigenvalue weighted by molar-refractivity contribution is 0.0264. The van der Waals surface area contributed by atoms with Gasteiger partial charge >= 0.3 is 0 Å². The van der Waals surface area contributed by atoms with Crippen molar-refractivity contribution in [3.05, 3.63) is 0 Å². The largest absolute Gasteiger partial charge is 0.392 e. The summed E-state index contributed by atoms with van der Waals surface area (Å²) < 4.78 is 0. The molecule has 0 spiro atoms. The van der Waals surface area contributed by atoms with Gasteiger partial charge in [-0.3, -0.25) is 4.90 Å². The number of aliphatic hydroxyl groups excluding tert-OH is 1. The maximum Gasteiger partial charge on any atom is 0.0664 e. The maximum absolute atomic E-state index is 9.52. The number of aliphatic hydroxyl groups is 1. The van der Waals surface area contributed by atoms with Gasteiger partial charge in [-0.25, -0.2) is 0 Å². The molecule has 4 atom stereocenters. The van der Waals surface area contributed by atoms with Crippen LogP contribution >= 0.6 is 0 Å². The van der Waals surface area contributed by atoms with Gasteiger partial charge in [-0.1, -0.05) is 0 Å². The van der Waals surface area contributed by atoms with Gasteiger partial charge in [-0.15, -0.1) is 0 Å². The van der Waals surface area contributed by atoms with Gasteiger partial charge in [0.1, 0.15) is 0 Å². The average molecular weight is 186 g/mol. The Morgan fingerprint density at radius 3 is 2.54 bits per heavy atom. The molecular formula is C10H22N2O. The summed E-state index contributed by atoms with van der Waals surface area (Å²) >= 11 is 0. The fraction of sp³-hybridized carbons (Fsp3) is 1.00. The molecule has 1 rings (SSSR count). The Kier molecular flexibility index (Phi) is 3.71. The minimum Gasteiger partial charge on any atom is -0.392 e. The van der Waals surface area contributed by atoms with Crippen LogP contribution in [0.2, 0.25) is 0 Å². The van der Waals surface area contributed by atoms with E-state index in [0.717, 1.165) is 13.1 Å². The third kappa shape index (κ3) is 2.66. The standard InChI is InChI=1S/C10H22N2O/c1-7-6-12(8(2)5-11-7)9(3)10(4)13/h7-11,13H,5-6H2,1-4H3. The van der Waals surface area contributed by atoms with Crippen molar-refractivity contribution in [1.82, 2.24) is 10.2 Å². The minimum absolute atomic E-state index is 0.243. The van der Waals surface area contributed by atoms with Crippen LogP contribution in [0.5, 0.6) is 0 Å². The van der Waals surface area contributed by atoms with Crippen molar-refractivity contribution in [2.45, 2.75) is 51.9 Å². The maximum atomic E-state index is 9.52. The quantitative estimate of drug-likeness (QED) is 0.657. The molecule has 1 fully saturated rings. The molecule has 1 aliphatic rings. The third-order valence-electron chi connectivity index (χ3n) is 3.03. The predicted molar refractivity (Wildman–Crippen MR) is 54.8 cm³/mol. The fourth-order valence-electron chi connectivity index (χ4n) is 1.89. The van der Waals surface area contributed by atoms with E-state index >= 15 is 0 Å². The van der Waals surface area contributed by atoms with Gasteiger partial charge in [0.2, 0.25) is 0 Å². The van der Waals surface area contributed by atoms with E-state index in [-0.39, 0.29) is 12.1 Å². The van der Waals surface area contributed by atoms with E-state index in [4.69, 9.17) is 0 Å². The fourth-order valence-corrected chi connectivity index (χ4v) is 1.89. The van der Waals surface area contributed by atoms with E-state index < -0.39 is 0 Å². The first-order chi connectivity index (χ1) is 6.02. The first-order valence-electron chi connectivity index (χ1n) is 5.19. The summed E-state index contributed by atoms with van der Waals surface area (Å²) in [5, 5.41) is 12.9. The van der Waals surface area contributed by atoms with Crippen molar-refractivity contribution in [2.24, 2.45) is 0 Å². The van der Waals surface area contributed by atoms with Crippen LogP contribution in [0.15, 0.2) is 0 Å². The molecule has 1 aliphatic heterocycles. The van der Waals surface area contributed by atoms with Crippen LogP contribution < -0.4 is 5.32 Å². The second-order valence-corrected chi connectivity index (χ2v) is 4.34. The van der Waals surface area contributed by atoms with Crippen molar-refractivity contribution >= 4 is 0 Å². The van der Waals surface area contributed by atoms with Crippen LogP contribution in [0.3, 0.4) is 0 Å². The molecule has 1 heterocycles. The van der Waals surface area contributed by atoms with Crippen LogP contribution in [0.25, 0.3) is 0 Å². The number of hydrogen-bond donors (Lipinski definition) is 2. The topological polar surface area (TPSA) is 35.5 Å². The lowest BCUT2D eigenvalue weighted by Gasteiger charge is -2.42. The van der Waals surface area contributed by atoms with E-state index in [1.807, 2.05) is 6.92 Å². The molecule has 0 saturated carbocycles. The summed E-state index contributed by atoms with van der Waals surface area (Å²) in [6, 6.07) is 1.33. The van der Waals surface area contributed by atoms with Crippen LogP contribution in [0, 0.1) is 0 Å². The summed E-state index contributed by atoms with van der Waals surface area (Å²) in [5.41, 5.74) is 0. The Morgan fingerprint density at radius 2 is 2.00 bits per heavy atom. The van der Waals surface area contributed by atoms with Crippen molar-refractivity contribution in [3.63, 3.8) is 0 Å². The van der Waals surface area contributed by atoms with Gasteiger partial charge in [-0.05, 0) is 27.7 Å². The average Bonchev–Trinajstić information content (AvgIpc) is 2.08. The zero-order valence-corrected chi connectivity index (χ0v) is 9.12. The van der Waals surface area contributed by atoms with Gasteiger partial charge < -0.3 is 10.4 Å². The first-order valence-corrected chi connectivity index (χ1v) is 5.19. The summed E-state index contributed by atoms with van der Waals surface area (Å²) in [5.74, 6) is 0. The highest BCUT2D eigenvalue weighted by molar-refractivity contribution is 4.86. The van der Waals surface area contributed by atoms with Crippen molar-refractivity contribution in [3.8, 4) is 0 Å². The molecule has 0 bridgehead atoms. The molecule has 3 heteroatoms. The molecule has 0 radical (unpaired) electrons. The molecule has 4 unspecified atom stereocenters. The molecule has 0 aromatic carbocycles. The molecule has 0 aliphatic carbocycles. The Labute approximate surface area is 81.1 Å². The lowest BCUT2D eigenvalue weighted by Crippen LogP contribution is -2.58. The smallest absolute Gasteiger partial charge is 0.0664 e. The summed E-state index contributed by atoms with van der Waals surface area (Å²) in [6.07, 6.45) is -0.243. The highest BCUT2D eigenvalue weighted by Crippen LogP contribution is 2.13. The van der Waals surface area contributed by atoms with Gasteiger partial charge in [0, 0.05) is 31.2 Å². The van der Waals surface area contributed by atoms with E-state index in [2.05, 4.69) is 31.0 Å². The zero-order chi connectivity index (χ0) is 10.0. The Balaban J connectivity index is 2.54. The molecule has 0 aromatic heterocycles. The van der Waals surface area contributed by atoms with Crippen LogP contribution in [0.4, 0.5) is 0 Å². The molecular weight excluding hydrogens is 164 g/mol. The van der Waals surface area contributed by atoms with Gasteiger partial charge in [0.05, 0.1) is 6.10 Å². The molecule has 1 saturated heterocycles. The zero-order valence-electron chi connectivity index (χ0n) is 9.12. The van der Waals surface area contributed by atoms with E-state index in [9.17, 15) is 5.11 Å². The predicted octanol–water partition coefficient (Wildman–Crippen LogP) is 0.438. The number of rotatable bonds is 2. The Bertz CT molecular complexity index is 161. The molecule has 78 valence electrons. The van der Waals surface area contributed by atoms with Gasteiger partial charge in [-0.2, -0.15) is 0 Å². The van der Waals surface area contributed by atoms with Gasteiger partial charge in [0.25, 0.3) is 0 Å². The van der Waals surface area contributed by atoms with Crippen LogP contribution in [0.1, 0.15) is 27.7 Å². The highest BCUT2D eigenvalue weighted by atomic mass is 16.3. The van der Waals surface area contributed by atoms with Crippen molar-refractivity contribution in [1.29, 1.82) is 0 Å². The lowest BCUT2D eigenvalue weighted by atomic mass is 10.1. The number of nitrogens with zero attached hydrogens (tertiary/aromatic N) is 1. The molecule has 13 heavy (non-hydrogen) atoms. The SMILES string of the molecule is CC1CN(C(C)C(C)O)C(C)CN1. The van der Waals surface area contributed by atoms with Crippen molar-refractivity contribution < 1.29 is 5.11 Å². The molecule has 2 N–H and O–H groups in total. The molecule has 0 aromatic rings. The highest BCUT2D eigenvalue weighted by Gasteiger charge is 2.28. The van der Waals surface area contributed by atoms with Gasteiger partial charge in [0.15, 0.2) is 0 Å². The second kappa shape index (κ2) is 4.40. The van der Waals surface area contributed by atoms with E-state index in [1.165, 1.54) is 0 Å². The summed E-state index contributed by atoms with van der Waals surface area (Å²) in [4.78, 5) is 2.38. The van der Waals surface area contributed by atoms with E-state index in [1.54, 1.807) is 0 Å². The monoisotopic (exact) mass is 186 g/mol. The first kappa shape index (κ1) is 11.0. The summed E-state index contributed by atoms with van der Waals surface area (Å²) in [7, 11) is 0. The summed E-state index contributed by atoms with van der Waals surface area (Å²) in [6.45, 7) is 10.4. The molecule has 3 nitrogen and oxygen atoms in total. The number of nitrogens with one attached hydrogen (secondary N) is 1. The Morgan fingerprint density at radius 1 is 1.38 bits per heavy atom. The second-order valence-electron chi connectivity index (χ2n) is 4.34. The third-order valence-corrected chi connectivity index (χ3v) is 3.03. The molecule has 0 amide bonds. The van der Waals surface area contributed by atoms with Crippen molar-refractivity contribution in [2.75, 3.05) is 13.1 Å². The number of piperazine rings is 1. The normalized spacial score (nSPS) is 35.8. The van der Waals surface area contributed by atoms with E-state index in [0.29, 0.717) is 12.1 Å². The van der Waals surface area contributed by atoms with Crippen LogP contribution in [-0.4, -0.2) is 47.3 Å². The number of hydrogen-bond acceptors (Lipinski definition) is 3. The Hall–Kier alpha value is -0.120. The minimum atomic E-state index is -0.243.